The van der Waals surface area contributed by atoms with Crippen LogP contribution in [-0.4, -0.2) is 22.2 Å². The number of aromatic carboxylic acids is 2. The van der Waals surface area contributed by atoms with Gasteiger partial charge in [0.1, 0.15) is 0 Å². The van der Waals surface area contributed by atoms with Crippen molar-refractivity contribution in [2.24, 2.45) is 11.8 Å². The van der Waals surface area contributed by atoms with E-state index in [9.17, 15) is 19.8 Å². The van der Waals surface area contributed by atoms with Crippen LogP contribution >= 0.6 is 11.6 Å². The molecule has 0 bridgehead atoms. The molecule has 0 amide bonds. The first-order valence-electron chi connectivity index (χ1n) is 14.6. The third-order valence-corrected chi connectivity index (χ3v) is 9.58. The van der Waals surface area contributed by atoms with Gasteiger partial charge in [-0.1, -0.05) is 80.1 Å². The molecule has 0 heterocycles. The Kier molecular flexibility index (Phi) is 7.55. The van der Waals surface area contributed by atoms with Gasteiger partial charge >= 0.3 is 11.9 Å². The van der Waals surface area contributed by atoms with Gasteiger partial charge in [0.25, 0.3) is 0 Å². The molecular weight excluding hydrogens is 520 g/mol. The van der Waals surface area contributed by atoms with Crippen molar-refractivity contribution in [1.82, 2.24) is 0 Å². The summed E-state index contributed by atoms with van der Waals surface area (Å²) in [4.78, 5) is 23.8. The van der Waals surface area contributed by atoms with Gasteiger partial charge in [0.15, 0.2) is 0 Å². The number of benzene rings is 3. The molecule has 2 N–H and O–H groups in total. The van der Waals surface area contributed by atoms with Crippen LogP contribution < -0.4 is 10.4 Å². The maximum Gasteiger partial charge on any atom is 0.335 e. The minimum atomic E-state index is -1.08. The Morgan fingerprint density at radius 3 is 2.25 bits per heavy atom. The van der Waals surface area contributed by atoms with Crippen LogP contribution in [-0.2, 0) is 12.8 Å². The fourth-order valence-corrected chi connectivity index (χ4v) is 7.59. The molecule has 0 radical (unpaired) electrons. The number of fused-ring (bicyclic) bond motifs is 4. The molecule has 0 saturated heterocycles. The van der Waals surface area contributed by atoms with E-state index < -0.39 is 11.9 Å². The van der Waals surface area contributed by atoms with Crippen LogP contribution in [0.15, 0.2) is 48.5 Å². The number of carboxylic acid groups (broad SMARTS) is 2. The van der Waals surface area contributed by atoms with Crippen LogP contribution in [0.4, 0.5) is 0 Å². The van der Waals surface area contributed by atoms with Crippen LogP contribution in [0.5, 0.6) is 0 Å². The lowest BCUT2D eigenvalue weighted by molar-refractivity contribution is 0.0695. The van der Waals surface area contributed by atoms with Gasteiger partial charge in [-0.05, 0) is 106 Å². The quantitative estimate of drug-likeness (QED) is 0.335. The zero-order chi connectivity index (χ0) is 27.8. The molecule has 6 rings (SSSR count). The Morgan fingerprint density at radius 1 is 0.800 bits per heavy atom. The van der Waals surface area contributed by atoms with E-state index in [1.807, 2.05) is 6.07 Å². The van der Waals surface area contributed by atoms with Gasteiger partial charge in [0, 0.05) is 10.9 Å². The second kappa shape index (κ2) is 11.2. The maximum absolute atomic E-state index is 11.9. The van der Waals surface area contributed by atoms with Crippen molar-refractivity contribution in [3.8, 4) is 0 Å². The van der Waals surface area contributed by atoms with Crippen LogP contribution in [0.1, 0.15) is 94.7 Å². The van der Waals surface area contributed by atoms with Crippen molar-refractivity contribution in [2.45, 2.75) is 70.1 Å². The standard InChI is InChI=1S/C35H35ClO4/c36-26-13-16-27-25(20-26)19-24(11-9-21-5-2-1-3-6-21)33-28-14-10-22(17-23(28)12-15-29(27)33)18-32-30(34(37)38)7-4-8-31(32)35(39)40/h4,7-8,12-13,15-17,19-22,24H,1-3,5-6,9-11,14,18H2,(H,37,38)(H,39,40). The van der Waals surface area contributed by atoms with Crippen molar-refractivity contribution in [2.75, 3.05) is 0 Å². The third-order valence-electron chi connectivity index (χ3n) is 9.34. The topological polar surface area (TPSA) is 74.6 Å². The van der Waals surface area contributed by atoms with E-state index in [2.05, 4.69) is 36.4 Å². The lowest BCUT2D eigenvalue weighted by Crippen LogP contribution is -2.26. The molecule has 3 aliphatic carbocycles. The molecule has 0 aliphatic heterocycles. The van der Waals surface area contributed by atoms with Crippen LogP contribution in [0.3, 0.4) is 0 Å². The van der Waals surface area contributed by atoms with E-state index in [0.29, 0.717) is 17.9 Å². The summed E-state index contributed by atoms with van der Waals surface area (Å²) in [5.74, 6) is -0.936. The minimum Gasteiger partial charge on any atom is -0.478 e. The van der Waals surface area contributed by atoms with E-state index in [-0.39, 0.29) is 17.0 Å². The monoisotopic (exact) mass is 554 g/mol. The lowest BCUT2D eigenvalue weighted by atomic mass is 9.76. The van der Waals surface area contributed by atoms with Crippen molar-refractivity contribution in [1.29, 1.82) is 0 Å². The van der Waals surface area contributed by atoms with Crippen molar-refractivity contribution >= 4 is 35.7 Å². The second-order valence-electron chi connectivity index (χ2n) is 11.8. The highest BCUT2D eigenvalue weighted by Crippen LogP contribution is 2.36. The van der Waals surface area contributed by atoms with E-state index in [4.69, 9.17) is 11.6 Å². The highest BCUT2D eigenvalue weighted by Gasteiger charge is 2.26. The molecule has 206 valence electrons. The number of hydrogen-bond donors (Lipinski definition) is 2. The molecule has 1 fully saturated rings. The average molecular weight is 555 g/mol. The highest BCUT2D eigenvalue weighted by atomic mass is 35.5. The Bertz CT molecular complexity index is 1670. The lowest BCUT2D eigenvalue weighted by Gasteiger charge is -2.28. The van der Waals surface area contributed by atoms with Crippen molar-refractivity contribution in [3.05, 3.63) is 102 Å². The molecule has 0 aromatic heterocycles. The fraction of sp³-hybridized carbons (Fsp3) is 0.371. The molecule has 4 nitrogen and oxygen atoms in total. The Morgan fingerprint density at radius 2 is 1.52 bits per heavy atom. The predicted molar refractivity (Wildman–Crippen MR) is 158 cm³/mol. The van der Waals surface area contributed by atoms with Crippen LogP contribution in [0, 0.1) is 22.3 Å². The van der Waals surface area contributed by atoms with Gasteiger partial charge in [-0.15, -0.1) is 0 Å². The summed E-state index contributed by atoms with van der Waals surface area (Å²) in [5.41, 5.74) is 3.41. The van der Waals surface area contributed by atoms with Crippen LogP contribution in [0.25, 0.3) is 12.2 Å². The largest absolute Gasteiger partial charge is 0.478 e. The Hall–Kier alpha value is -3.37. The second-order valence-corrected chi connectivity index (χ2v) is 12.2. The number of carboxylic acids is 2. The number of halogens is 1. The van der Waals surface area contributed by atoms with E-state index in [0.717, 1.165) is 30.2 Å². The van der Waals surface area contributed by atoms with Gasteiger partial charge in [0.05, 0.1) is 11.1 Å². The van der Waals surface area contributed by atoms with E-state index in [1.54, 1.807) is 0 Å². The molecule has 40 heavy (non-hydrogen) atoms. The van der Waals surface area contributed by atoms with Crippen molar-refractivity contribution in [3.63, 3.8) is 0 Å². The SMILES string of the molecule is O=C(O)c1cccc(C(=O)O)c1CC1C=c2ccc3c(c2CC1)C(CCC1CCCCC1)C=c1cc(Cl)ccc1=3. The maximum atomic E-state index is 11.9. The summed E-state index contributed by atoms with van der Waals surface area (Å²) in [7, 11) is 0. The van der Waals surface area contributed by atoms with Crippen LogP contribution in [0.2, 0.25) is 5.02 Å². The summed E-state index contributed by atoms with van der Waals surface area (Å²) in [6.45, 7) is 0. The molecular formula is C35H35ClO4. The molecule has 5 heteroatoms. The first-order valence-corrected chi connectivity index (χ1v) is 15.0. The Labute approximate surface area is 239 Å². The molecule has 3 aromatic carbocycles. The van der Waals surface area contributed by atoms with Gasteiger partial charge < -0.3 is 10.2 Å². The summed E-state index contributed by atoms with van der Waals surface area (Å²) in [6.07, 6.45) is 16.0. The first kappa shape index (κ1) is 26.8. The smallest absolute Gasteiger partial charge is 0.335 e. The normalized spacial score (nSPS) is 19.9. The third kappa shape index (κ3) is 5.22. The molecule has 3 aromatic rings. The number of hydrogen-bond acceptors (Lipinski definition) is 2. The van der Waals surface area contributed by atoms with Gasteiger partial charge in [-0.3, -0.25) is 0 Å². The first-order chi connectivity index (χ1) is 19.4. The zero-order valence-electron chi connectivity index (χ0n) is 22.7. The van der Waals surface area contributed by atoms with Gasteiger partial charge in [0.2, 0.25) is 0 Å². The molecule has 3 aliphatic rings. The highest BCUT2D eigenvalue weighted by molar-refractivity contribution is 6.30. The summed E-state index contributed by atoms with van der Waals surface area (Å²) in [6, 6.07) is 15.2. The number of carbonyl (C=O) groups is 2. The molecule has 0 spiro atoms. The molecule has 2 atom stereocenters. The van der Waals surface area contributed by atoms with E-state index in [1.165, 1.54) is 88.7 Å². The minimum absolute atomic E-state index is 0.0727. The predicted octanol–water partition coefficient (Wildman–Crippen LogP) is 6.85. The molecule has 2 unspecified atom stereocenters. The summed E-state index contributed by atoms with van der Waals surface area (Å²) < 4.78 is 0. The zero-order valence-corrected chi connectivity index (χ0v) is 23.4. The molecule has 1 saturated carbocycles. The Balaban J connectivity index is 1.41. The van der Waals surface area contributed by atoms with Gasteiger partial charge in [-0.2, -0.15) is 0 Å². The summed E-state index contributed by atoms with van der Waals surface area (Å²) >= 11 is 6.41. The fourth-order valence-electron chi connectivity index (χ4n) is 7.41. The van der Waals surface area contributed by atoms with E-state index >= 15 is 0 Å². The average Bonchev–Trinajstić information content (AvgIpc) is 2.95. The van der Waals surface area contributed by atoms with Crippen molar-refractivity contribution < 1.29 is 19.8 Å². The number of rotatable bonds is 7. The van der Waals surface area contributed by atoms with Gasteiger partial charge in [-0.25, -0.2) is 9.59 Å². The summed E-state index contributed by atoms with van der Waals surface area (Å²) in [5, 5.41) is 25.2.